The molecule has 2 aromatic carbocycles. The van der Waals surface area contributed by atoms with Gasteiger partial charge in [0.25, 0.3) is 5.69 Å². The Bertz CT molecular complexity index is 975. The molecule has 1 amide bonds. The highest BCUT2D eigenvalue weighted by molar-refractivity contribution is 5.84. The van der Waals surface area contributed by atoms with Crippen LogP contribution in [0.2, 0.25) is 0 Å². The summed E-state index contributed by atoms with van der Waals surface area (Å²) in [6.07, 6.45) is 0. The predicted octanol–water partition coefficient (Wildman–Crippen LogP) is 0.575. The van der Waals surface area contributed by atoms with E-state index in [0.717, 1.165) is 0 Å². The van der Waals surface area contributed by atoms with Crippen molar-refractivity contribution < 1.29 is 29.0 Å². The number of aliphatic carboxylic acids is 1. The number of carbonyl (C=O) groups is 2. The van der Waals surface area contributed by atoms with E-state index in [1.165, 1.54) is 21.5 Å². The molecule has 0 atom stereocenters. The van der Waals surface area contributed by atoms with E-state index in [4.69, 9.17) is 4.52 Å². The molecule has 0 bridgehead atoms. The van der Waals surface area contributed by atoms with Gasteiger partial charge in [-0.1, -0.05) is 36.4 Å². The van der Waals surface area contributed by atoms with E-state index in [9.17, 15) is 19.8 Å². The van der Waals surface area contributed by atoms with E-state index < -0.39 is 11.9 Å². The number of rotatable bonds is 8. The lowest BCUT2D eigenvalue weighted by Gasteiger charge is -2.25. The van der Waals surface area contributed by atoms with Gasteiger partial charge in [0.1, 0.15) is 13.1 Å². The monoisotopic (exact) mass is 396 g/mol. The lowest BCUT2D eigenvalue weighted by molar-refractivity contribution is -0.678. The summed E-state index contributed by atoms with van der Waals surface area (Å²) in [4.78, 5) is 26.7. The van der Waals surface area contributed by atoms with Gasteiger partial charge in [0.05, 0.1) is 11.8 Å². The van der Waals surface area contributed by atoms with Gasteiger partial charge in [-0.05, 0) is 16.8 Å². The van der Waals surface area contributed by atoms with E-state index >= 15 is 0 Å². The van der Waals surface area contributed by atoms with E-state index in [-0.39, 0.29) is 31.2 Å². The molecule has 1 heterocycles. The summed E-state index contributed by atoms with van der Waals surface area (Å²) >= 11 is 0. The summed E-state index contributed by atoms with van der Waals surface area (Å²) in [5.41, 5.74) is 1.44. The molecule has 0 radical (unpaired) electrons. The molecule has 0 spiro atoms. The van der Waals surface area contributed by atoms with Gasteiger partial charge in [0, 0.05) is 24.9 Å². The summed E-state index contributed by atoms with van der Waals surface area (Å²) in [5.74, 6) is -2.04. The fourth-order valence-corrected chi connectivity index (χ4v) is 2.81. The van der Waals surface area contributed by atoms with Gasteiger partial charge in [-0.3, -0.25) is 9.59 Å². The number of anilines is 1. The second-order valence-electron chi connectivity index (χ2n) is 6.39. The Morgan fingerprint density at radius 3 is 2.31 bits per heavy atom. The van der Waals surface area contributed by atoms with Crippen molar-refractivity contribution in [1.82, 2.24) is 10.2 Å². The molecule has 1 aromatic heterocycles. The van der Waals surface area contributed by atoms with Crippen LogP contribution in [0.15, 0.2) is 65.2 Å². The Hall–Kier alpha value is -3.88. The van der Waals surface area contributed by atoms with Gasteiger partial charge in [0.15, 0.2) is 5.95 Å². The fourth-order valence-electron chi connectivity index (χ4n) is 2.81. The molecule has 0 aliphatic heterocycles. The minimum absolute atomic E-state index is 0.0360. The van der Waals surface area contributed by atoms with Crippen molar-refractivity contribution >= 4 is 17.6 Å². The number of hydrogen-bond donors (Lipinski definition) is 1. The first-order valence-electron chi connectivity index (χ1n) is 8.85. The highest BCUT2D eigenvalue weighted by Crippen LogP contribution is 2.15. The maximum Gasteiger partial charge on any atom is 0.323 e. The lowest BCUT2D eigenvalue weighted by Crippen LogP contribution is -2.44. The summed E-state index contributed by atoms with van der Waals surface area (Å²) in [6.45, 7) is -0.517. The van der Waals surface area contributed by atoms with Gasteiger partial charge in [0.2, 0.25) is 11.6 Å². The van der Waals surface area contributed by atoms with Crippen LogP contribution in [0.5, 0.6) is 5.95 Å². The van der Waals surface area contributed by atoms with E-state index in [1.54, 1.807) is 54.6 Å². The van der Waals surface area contributed by atoms with Crippen molar-refractivity contribution in [3.8, 4) is 11.6 Å². The lowest BCUT2D eigenvalue weighted by atomic mass is 10.2. The van der Waals surface area contributed by atoms with Crippen molar-refractivity contribution in [2.75, 3.05) is 25.0 Å². The van der Waals surface area contributed by atoms with Crippen LogP contribution >= 0.6 is 0 Å². The summed E-state index contributed by atoms with van der Waals surface area (Å²) in [5, 5.41) is 25.0. The maximum atomic E-state index is 12.7. The van der Waals surface area contributed by atoms with Crippen LogP contribution in [0, 0.1) is 0 Å². The number of aromatic nitrogens is 2. The minimum Gasteiger partial charge on any atom is -0.539 e. The zero-order valence-electron chi connectivity index (χ0n) is 15.8. The highest BCUT2D eigenvalue weighted by atomic mass is 16.6. The Morgan fingerprint density at radius 1 is 1.07 bits per heavy atom. The van der Waals surface area contributed by atoms with Crippen LogP contribution < -0.4 is 14.7 Å². The van der Waals surface area contributed by atoms with Gasteiger partial charge >= 0.3 is 5.97 Å². The second-order valence-corrected chi connectivity index (χ2v) is 6.39. The fraction of sp³-hybridized carbons (Fsp3) is 0.200. The predicted molar refractivity (Wildman–Crippen MR) is 100 cm³/mol. The van der Waals surface area contributed by atoms with Crippen LogP contribution in [0.25, 0.3) is 5.69 Å². The summed E-state index contributed by atoms with van der Waals surface area (Å²) in [7, 11) is 1.54. The molecule has 0 aliphatic rings. The first-order valence-corrected chi connectivity index (χ1v) is 8.85. The number of likely N-dealkylation sites (N-methyl/N-ethyl adjacent to an activating group) is 1. The smallest absolute Gasteiger partial charge is 0.323 e. The molecule has 0 aliphatic carbocycles. The van der Waals surface area contributed by atoms with Crippen LogP contribution in [-0.4, -0.2) is 47.3 Å². The van der Waals surface area contributed by atoms with Gasteiger partial charge in [-0.2, -0.15) is 0 Å². The quantitative estimate of drug-likeness (QED) is 0.554. The third-order valence-electron chi connectivity index (χ3n) is 4.28. The third kappa shape index (κ3) is 4.89. The Kier molecular flexibility index (Phi) is 6.08. The van der Waals surface area contributed by atoms with Crippen LogP contribution in [0.4, 0.5) is 5.69 Å². The standard InChI is InChI=1S/C20H20N4O5/c1-22(12-17-20(28)29-21-24(17)16-10-6-3-7-11-16)18(25)13-23(14-19(26)27)15-8-4-2-5-9-15/h2-11H,12-14H2,1H3,(H-,21,26,27,28). The number of nitrogens with zero attached hydrogens (tertiary/aromatic N) is 4. The van der Waals surface area contributed by atoms with Crippen molar-refractivity contribution in [1.29, 1.82) is 0 Å². The van der Waals surface area contributed by atoms with Crippen molar-refractivity contribution in [3.05, 3.63) is 66.4 Å². The van der Waals surface area contributed by atoms with Crippen molar-refractivity contribution in [3.63, 3.8) is 0 Å². The Morgan fingerprint density at radius 2 is 1.69 bits per heavy atom. The highest BCUT2D eigenvalue weighted by Gasteiger charge is 2.25. The van der Waals surface area contributed by atoms with Crippen molar-refractivity contribution in [2.24, 2.45) is 0 Å². The molecule has 0 fully saturated rings. The number of amides is 1. The third-order valence-corrected chi connectivity index (χ3v) is 4.28. The number of carbonyl (C=O) groups excluding carboxylic acids is 1. The zero-order valence-corrected chi connectivity index (χ0v) is 15.8. The summed E-state index contributed by atoms with van der Waals surface area (Å²) < 4.78 is 6.11. The number of hydrogen-bond acceptors (Lipinski definition) is 6. The molecule has 9 nitrogen and oxygen atoms in total. The minimum atomic E-state index is -1.05. The van der Waals surface area contributed by atoms with Gasteiger partial charge < -0.3 is 24.5 Å². The largest absolute Gasteiger partial charge is 0.539 e. The molecular formula is C20H20N4O5. The molecule has 0 unspecified atom stereocenters. The molecular weight excluding hydrogens is 376 g/mol. The van der Waals surface area contributed by atoms with E-state index in [1.807, 2.05) is 6.07 Å². The number of carboxylic acids is 1. The molecule has 0 saturated carbocycles. The zero-order chi connectivity index (χ0) is 20.8. The average molecular weight is 396 g/mol. The molecule has 3 aromatic rings. The van der Waals surface area contributed by atoms with Crippen molar-refractivity contribution in [2.45, 2.75) is 6.54 Å². The molecule has 3 rings (SSSR count). The normalized spacial score (nSPS) is 10.5. The second kappa shape index (κ2) is 8.87. The number of carboxylic acid groups (broad SMARTS) is 1. The summed E-state index contributed by atoms with van der Waals surface area (Å²) in [6, 6.07) is 17.7. The topological polar surface area (TPSA) is 114 Å². The molecule has 0 saturated heterocycles. The van der Waals surface area contributed by atoms with Crippen LogP contribution in [0.1, 0.15) is 5.69 Å². The Labute approximate surface area is 167 Å². The maximum absolute atomic E-state index is 12.7. The van der Waals surface area contributed by atoms with Crippen LogP contribution in [0.3, 0.4) is 0 Å². The molecule has 29 heavy (non-hydrogen) atoms. The van der Waals surface area contributed by atoms with Gasteiger partial charge in [-0.15, -0.1) is 0 Å². The first kappa shape index (κ1) is 19.9. The molecule has 150 valence electrons. The van der Waals surface area contributed by atoms with Gasteiger partial charge in [-0.25, -0.2) is 0 Å². The SMILES string of the molecule is CN(Cc1c([O-])on[n+]1-c1ccccc1)C(=O)CN(CC(=O)O)c1ccccc1. The molecule has 9 heteroatoms. The van der Waals surface area contributed by atoms with E-state index in [2.05, 4.69) is 5.27 Å². The van der Waals surface area contributed by atoms with Crippen LogP contribution in [-0.2, 0) is 16.1 Å². The van der Waals surface area contributed by atoms with E-state index in [0.29, 0.717) is 11.4 Å². The molecule has 1 N–H and O–H groups in total. The average Bonchev–Trinajstić information content (AvgIpc) is 3.08. The first-order chi connectivity index (χ1) is 14.0. The number of benzene rings is 2. The Balaban J connectivity index is 1.75. The number of para-hydroxylation sites is 2.